The molecule has 0 saturated carbocycles. The first-order chi connectivity index (χ1) is 14.6. The van der Waals surface area contributed by atoms with Crippen molar-refractivity contribution < 1.29 is 0 Å². The van der Waals surface area contributed by atoms with Crippen molar-refractivity contribution in [2.45, 2.75) is 67.5 Å². The van der Waals surface area contributed by atoms with E-state index >= 15 is 0 Å². The molecule has 0 unspecified atom stereocenters. The average Bonchev–Trinajstić information content (AvgIpc) is 3.20. The van der Waals surface area contributed by atoms with Gasteiger partial charge < -0.3 is 9.34 Å². The van der Waals surface area contributed by atoms with Crippen LogP contribution in [-0.2, 0) is 0 Å². The van der Waals surface area contributed by atoms with E-state index in [1.165, 1.54) is 55.9 Å². The zero-order valence-corrected chi connectivity index (χ0v) is 21.4. The lowest BCUT2D eigenvalue weighted by Crippen LogP contribution is -2.35. The van der Waals surface area contributed by atoms with Gasteiger partial charge in [0.25, 0.3) is 0 Å². The lowest BCUT2D eigenvalue weighted by molar-refractivity contribution is 0.850. The van der Waals surface area contributed by atoms with Crippen LogP contribution in [0.3, 0.4) is 0 Å². The maximum absolute atomic E-state index is 2.59. The van der Waals surface area contributed by atoms with Crippen LogP contribution in [0.2, 0.25) is 0 Å². The first-order valence-electron chi connectivity index (χ1n) is 11.2. The maximum Gasteiger partial charge on any atom is 0.119 e. The van der Waals surface area contributed by atoms with Crippen molar-refractivity contribution in [2.75, 3.05) is 9.34 Å². The summed E-state index contributed by atoms with van der Waals surface area (Å²) in [7, 11) is -0.765. The topological polar surface area (TPSA) is 6.48 Å². The minimum Gasteiger partial charge on any atom is -0.306 e. The molecular formula is C28H35N2P. The van der Waals surface area contributed by atoms with Crippen molar-refractivity contribution in [3.8, 4) is 0 Å². The Morgan fingerprint density at radius 3 is 1.23 bits per heavy atom. The van der Waals surface area contributed by atoms with E-state index in [-0.39, 0.29) is 5.16 Å². The minimum atomic E-state index is -0.765. The number of allylic oxidation sites excluding steroid dienone is 4. The lowest BCUT2D eigenvalue weighted by Gasteiger charge is -2.46. The third kappa shape index (κ3) is 3.11. The third-order valence-corrected chi connectivity index (χ3v) is 10.6. The van der Waals surface area contributed by atoms with Gasteiger partial charge in [-0.1, -0.05) is 47.5 Å². The van der Waals surface area contributed by atoms with Crippen molar-refractivity contribution in [3.05, 3.63) is 93.3 Å². The van der Waals surface area contributed by atoms with Crippen LogP contribution in [0, 0.1) is 27.7 Å². The molecule has 0 fully saturated rings. The van der Waals surface area contributed by atoms with Gasteiger partial charge in [-0.2, -0.15) is 0 Å². The number of nitrogens with zero attached hydrogens (tertiary/aromatic N) is 2. The predicted octanol–water partition coefficient (Wildman–Crippen LogP) is 8.48. The van der Waals surface area contributed by atoms with Crippen molar-refractivity contribution in [3.63, 3.8) is 0 Å². The summed E-state index contributed by atoms with van der Waals surface area (Å²) in [5.41, 5.74) is 13.9. The molecule has 2 aromatic carbocycles. The summed E-state index contributed by atoms with van der Waals surface area (Å²) in [4.78, 5) is 0. The SMILES string of the molecule is CC1=C(C)C(C)(P2N(c3c(C)cccc3C)C=CN2c2c(C)cccc2C)C(C)=C1C. The summed E-state index contributed by atoms with van der Waals surface area (Å²) in [5, 5.41) is -0.0313. The molecule has 1 aliphatic carbocycles. The minimum absolute atomic E-state index is 0.0313. The molecule has 3 heteroatoms. The van der Waals surface area contributed by atoms with E-state index in [0.29, 0.717) is 0 Å². The van der Waals surface area contributed by atoms with Gasteiger partial charge in [-0.25, -0.2) is 0 Å². The smallest absolute Gasteiger partial charge is 0.119 e. The summed E-state index contributed by atoms with van der Waals surface area (Å²) >= 11 is 0. The van der Waals surface area contributed by atoms with Crippen LogP contribution in [0.15, 0.2) is 71.1 Å². The molecule has 0 aromatic heterocycles. The van der Waals surface area contributed by atoms with Crippen LogP contribution in [0.1, 0.15) is 56.9 Å². The highest BCUT2D eigenvalue weighted by molar-refractivity contribution is 7.64. The van der Waals surface area contributed by atoms with Gasteiger partial charge >= 0.3 is 0 Å². The molecule has 1 heterocycles. The average molecular weight is 431 g/mol. The fourth-order valence-electron chi connectivity index (χ4n) is 5.33. The van der Waals surface area contributed by atoms with E-state index in [4.69, 9.17) is 0 Å². The Labute approximate surface area is 189 Å². The van der Waals surface area contributed by atoms with E-state index in [1.54, 1.807) is 0 Å². The van der Waals surface area contributed by atoms with Crippen molar-refractivity contribution in [2.24, 2.45) is 0 Å². The summed E-state index contributed by atoms with van der Waals surface area (Å²) in [6.45, 7) is 20.7. The second-order valence-corrected chi connectivity index (χ2v) is 11.7. The molecule has 0 spiro atoms. The Morgan fingerprint density at radius 1 is 0.581 bits per heavy atom. The van der Waals surface area contributed by atoms with Crippen molar-refractivity contribution in [1.82, 2.24) is 0 Å². The molecule has 4 rings (SSSR count). The maximum atomic E-state index is 2.59. The predicted molar refractivity (Wildman–Crippen MR) is 138 cm³/mol. The van der Waals surface area contributed by atoms with Crippen LogP contribution in [-0.4, -0.2) is 5.16 Å². The second kappa shape index (κ2) is 7.68. The largest absolute Gasteiger partial charge is 0.306 e. The molecule has 162 valence electrons. The Bertz CT molecular complexity index is 1030. The standard InChI is InChI=1S/C28H35N2P/c1-18-12-10-13-19(2)26(18)29-16-17-30(27-20(3)14-11-15-21(27)4)31(29)28(9)24(7)22(5)23(6)25(28)8/h10-17H,1-9H3. The first-order valence-corrected chi connectivity index (χ1v) is 12.4. The summed E-state index contributed by atoms with van der Waals surface area (Å²) in [6, 6.07) is 13.3. The quantitative estimate of drug-likeness (QED) is 0.451. The zero-order chi connectivity index (χ0) is 22.7. The molecular weight excluding hydrogens is 395 g/mol. The van der Waals surface area contributed by atoms with Crippen LogP contribution < -0.4 is 9.34 Å². The molecule has 0 radical (unpaired) electrons. The first kappa shape index (κ1) is 21.9. The van der Waals surface area contributed by atoms with Crippen LogP contribution in [0.25, 0.3) is 0 Å². The van der Waals surface area contributed by atoms with Gasteiger partial charge in [0.05, 0.1) is 16.5 Å². The van der Waals surface area contributed by atoms with Gasteiger partial charge in [0.15, 0.2) is 0 Å². The fraction of sp³-hybridized carbons (Fsp3) is 0.357. The summed E-state index contributed by atoms with van der Waals surface area (Å²) < 4.78 is 5.18. The number of aryl methyl sites for hydroxylation is 4. The molecule has 0 saturated heterocycles. The molecule has 0 bridgehead atoms. The normalized spacial score (nSPS) is 18.7. The molecule has 31 heavy (non-hydrogen) atoms. The Kier molecular flexibility index (Phi) is 5.42. The Hall–Kier alpha value is -2.31. The Balaban J connectivity index is 1.99. The number of rotatable bonds is 3. The number of hydrogen-bond donors (Lipinski definition) is 0. The monoisotopic (exact) mass is 430 g/mol. The summed E-state index contributed by atoms with van der Waals surface area (Å²) in [6.07, 6.45) is 4.64. The fourth-order valence-corrected chi connectivity index (χ4v) is 8.72. The molecule has 2 aliphatic rings. The molecule has 2 aromatic rings. The number of para-hydroxylation sites is 2. The van der Waals surface area contributed by atoms with Gasteiger partial charge in [0.1, 0.15) is 8.22 Å². The van der Waals surface area contributed by atoms with E-state index in [2.05, 4.69) is 120 Å². The molecule has 2 nitrogen and oxygen atoms in total. The van der Waals surface area contributed by atoms with E-state index in [9.17, 15) is 0 Å². The van der Waals surface area contributed by atoms with Gasteiger partial charge in [0, 0.05) is 12.4 Å². The highest BCUT2D eigenvalue weighted by atomic mass is 31.1. The van der Waals surface area contributed by atoms with Gasteiger partial charge in [0.2, 0.25) is 0 Å². The molecule has 0 atom stereocenters. The van der Waals surface area contributed by atoms with Crippen LogP contribution in [0.5, 0.6) is 0 Å². The van der Waals surface area contributed by atoms with Crippen LogP contribution in [0.4, 0.5) is 11.4 Å². The summed E-state index contributed by atoms with van der Waals surface area (Å²) in [5.74, 6) is 0. The Morgan fingerprint density at radius 2 is 0.903 bits per heavy atom. The van der Waals surface area contributed by atoms with Gasteiger partial charge in [-0.05, 0) is 95.7 Å². The zero-order valence-electron chi connectivity index (χ0n) is 20.5. The molecule has 0 N–H and O–H groups in total. The van der Waals surface area contributed by atoms with Gasteiger partial charge in [-0.3, -0.25) is 0 Å². The van der Waals surface area contributed by atoms with Crippen LogP contribution >= 0.6 is 8.22 Å². The molecule has 1 aliphatic heterocycles. The van der Waals surface area contributed by atoms with E-state index < -0.39 is 8.22 Å². The van der Waals surface area contributed by atoms with Crippen molar-refractivity contribution >= 4 is 19.6 Å². The van der Waals surface area contributed by atoms with Gasteiger partial charge in [-0.15, -0.1) is 0 Å². The lowest BCUT2D eigenvalue weighted by atomic mass is 9.98. The van der Waals surface area contributed by atoms with E-state index in [0.717, 1.165) is 0 Å². The number of hydrogen-bond acceptors (Lipinski definition) is 2. The highest BCUT2D eigenvalue weighted by Gasteiger charge is 2.51. The number of anilines is 2. The number of benzene rings is 2. The highest BCUT2D eigenvalue weighted by Crippen LogP contribution is 2.69. The second-order valence-electron chi connectivity index (χ2n) is 9.33. The molecule has 0 amide bonds. The third-order valence-electron chi connectivity index (χ3n) is 7.64. The van der Waals surface area contributed by atoms with E-state index in [1.807, 2.05) is 0 Å². The van der Waals surface area contributed by atoms with Crippen molar-refractivity contribution in [1.29, 1.82) is 0 Å².